The van der Waals surface area contributed by atoms with Crippen LogP contribution in [0, 0.1) is 11.3 Å². The zero-order chi connectivity index (χ0) is 34.6. The third-order valence-corrected chi connectivity index (χ3v) is 12.5. The van der Waals surface area contributed by atoms with E-state index in [0.717, 1.165) is 33.4 Å². The molecule has 0 spiro atoms. The maximum atomic E-state index is 10.1. The lowest BCUT2D eigenvalue weighted by atomic mass is 9.93. The molecular formula is C49H29NS2. The van der Waals surface area contributed by atoms with Gasteiger partial charge in [-0.05, 0) is 98.1 Å². The Balaban J connectivity index is 0.981. The Morgan fingerprint density at radius 1 is 0.327 bits per heavy atom. The second-order valence-corrected chi connectivity index (χ2v) is 15.3. The second-order valence-electron chi connectivity index (χ2n) is 13.2. The van der Waals surface area contributed by atoms with E-state index in [9.17, 15) is 5.26 Å². The lowest BCUT2D eigenvalue weighted by molar-refractivity contribution is 1.48. The molecule has 0 bridgehead atoms. The van der Waals surface area contributed by atoms with E-state index in [1.165, 1.54) is 62.6 Å². The molecule has 0 amide bonds. The molecule has 0 unspecified atom stereocenters. The summed E-state index contributed by atoms with van der Waals surface area (Å²) in [5, 5.41) is 15.2. The minimum absolute atomic E-state index is 0.659. The highest BCUT2D eigenvalue weighted by molar-refractivity contribution is 7.26. The Labute approximate surface area is 309 Å². The van der Waals surface area contributed by atoms with Crippen LogP contribution >= 0.6 is 22.7 Å². The molecule has 242 valence electrons. The SMILES string of the molecule is N#Cc1cc(-c2cccc(-c3ccc(-c4cccc(-c5cccc6c5sc5ccccc56)c4)cc3)c2)cc(-c2cccc3c2sc2ccccc23)c1. The minimum atomic E-state index is 0.659. The normalized spacial score (nSPS) is 11.4. The van der Waals surface area contributed by atoms with Crippen molar-refractivity contribution >= 4 is 63.0 Å². The maximum absolute atomic E-state index is 10.1. The highest BCUT2D eigenvalue weighted by Crippen LogP contribution is 2.42. The van der Waals surface area contributed by atoms with E-state index >= 15 is 0 Å². The van der Waals surface area contributed by atoms with Crippen LogP contribution in [-0.4, -0.2) is 0 Å². The zero-order valence-corrected chi connectivity index (χ0v) is 29.6. The molecule has 0 saturated heterocycles. The second kappa shape index (κ2) is 12.5. The molecular weight excluding hydrogens is 667 g/mol. The van der Waals surface area contributed by atoms with Crippen molar-refractivity contribution in [2.45, 2.75) is 0 Å². The molecule has 0 aliphatic carbocycles. The summed E-state index contributed by atoms with van der Waals surface area (Å²) in [6, 6.07) is 65.5. The average molecular weight is 696 g/mol. The summed E-state index contributed by atoms with van der Waals surface area (Å²) in [5.74, 6) is 0. The largest absolute Gasteiger partial charge is 0.192 e. The summed E-state index contributed by atoms with van der Waals surface area (Å²) >= 11 is 3.69. The van der Waals surface area contributed by atoms with Crippen LogP contribution in [0.25, 0.3) is 96.0 Å². The summed E-state index contributed by atoms with van der Waals surface area (Å²) in [6.07, 6.45) is 0. The molecule has 10 rings (SSSR count). The number of fused-ring (bicyclic) bond motifs is 6. The van der Waals surface area contributed by atoms with E-state index in [1.54, 1.807) is 0 Å². The van der Waals surface area contributed by atoms with Crippen LogP contribution in [0.15, 0.2) is 176 Å². The van der Waals surface area contributed by atoms with E-state index in [4.69, 9.17) is 0 Å². The highest BCUT2D eigenvalue weighted by atomic mass is 32.1. The van der Waals surface area contributed by atoms with Crippen LogP contribution in [0.2, 0.25) is 0 Å². The van der Waals surface area contributed by atoms with Gasteiger partial charge in [0.25, 0.3) is 0 Å². The van der Waals surface area contributed by atoms with Gasteiger partial charge < -0.3 is 0 Å². The predicted octanol–water partition coefficient (Wildman–Crippen LogP) is 14.6. The smallest absolute Gasteiger partial charge is 0.0992 e. The number of hydrogen-bond donors (Lipinski definition) is 0. The quantitative estimate of drug-likeness (QED) is 0.176. The molecule has 1 nitrogen and oxygen atoms in total. The van der Waals surface area contributed by atoms with Crippen LogP contribution in [0.1, 0.15) is 5.56 Å². The van der Waals surface area contributed by atoms with Gasteiger partial charge in [-0.15, -0.1) is 22.7 Å². The van der Waals surface area contributed by atoms with Crippen molar-refractivity contribution in [1.82, 2.24) is 0 Å². The molecule has 0 N–H and O–H groups in total. The van der Waals surface area contributed by atoms with Crippen molar-refractivity contribution < 1.29 is 0 Å². The fraction of sp³-hybridized carbons (Fsp3) is 0. The summed E-state index contributed by atoms with van der Waals surface area (Å²) in [4.78, 5) is 0. The summed E-state index contributed by atoms with van der Waals surface area (Å²) < 4.78 is 5.18. The first-order chi connectivity index (χ1) is 25.7. The maximum Gasteiger partial charge on any atom is 0.0992 e. The minimum Gasteiger partial charge on any atom is -0.192 e. The third-order valence-electron chi connectivity index (χ3n) is 10.1. The Hall–Kier alpha value is -6.31. The molecule has 0 aliphatic rings. The third kappa shape index (κ3) is 5.20. The van der Waals surface area contributed by atoms with Crippen LogP contribution in [0.5, 0.6) is 0 Å². The van der Waals surface area contributed by atoms with E-state index in [0.29, 0.717) is 5.56 Å². The molecule has 2 aromatic heterocycles. The molecule has 0 radical (unpaired) electrons. The number of thiophene rings is 2. The van der Waals surface area contributed by atoms with Crippen LogP contribution in [-0.2, 0) is 0 Å². The molecule has 2 heterocycles. The van der Waals surface area contributed by atoms with Gasteiger partial charge in [-0.1, -0.05) is 133 Å². The Morgan fingerprint density at radius 2 is 0.750 bits per heavy atom. The van der Waals surface area contributed by atoms with E-state index < -0.39 is 0 Å². The first kappa shape index (κ1) is 30.5. The molecule has 8 aromatic carbocycles. The van der Waals surface area contributed by atoms with Crippen molar-refractivity contribution in [1.29, 1.82) is 5.26 Å². The molecule has 0 saturated carbocycles. The lowest BCUT2D eigenvalue weighted by Crippen LogP contribution is -1.87. The molecule has 52 heavy (non-hydrogen) atoms. The fourth-order valence-corrected chi connectivity index (χ4v) is 10.0. The highest BCUT2D eigenvalue weighted by Gasteiger charge is 2.14. The van der Waals surface area contributed by atoms with Gasteiger partial charge in [-0.25, -0.2) is 0 Å². The van der Waals surface area contributed by atoms with Gasteiger partial charge >= 0.3 is 0 Å². The van der Waals surface area contributed by atoms with Crippen molar-refractivity contribution in [2.75, 3.05) is 0 Å². The number of rotatable bonds is 5. The first-order valence-corrected chi connectivity index (χ1v) is 19.0. The summed E-state index contributed by atoms with van der Waals surface area (Å²) in [7, 11) is 0. The fourth-order valence-electron chi connectivity index (χ4n) is 7.56. The molecule has 0 aliphatic heterocycles. The van der Waals surface area contributed by atoms with Crippen molar-refractivity contribution in [2.24, 2.45) is 0 Å². The van der Waals surface area contributed by atoms with Crippen molar-refractivity contribution in [3.8, 4) is 61.7 Å². The molecule has 0 atom stereocenters. The van der Waals surface area contributed by atoms with Gasteiger partial charge in [-0.3, -0.25) is 0 Å². The standard InChI is InChI=1S/C49H29NS2/c50-30-31-25-38(29-39(26-31)41-16-8-18-45-43-14-2-4-20-47(43)52-49(41)45)36-11-5-9-34(27-36)32-21-23-33(24-22-32)35-10-6-12-37(28-35)40-15-7-17-44-42-13-1-3-19-46(42)51-48(40)44/h1-29H. The number of nitrogens with zero attached hydrogens (tertiary/aromatic N) is 1. The lowest BCUT2D eigenvalue weighted by Gasteiger charge is -2.11. The predicted molar refractivity (Wildman–Crippen MR) is 224 cm³/mol. The Kier molecular flexibility index (Phi) is 7.32. The van der Waals surface area contributed by atoms with Gasteiger partial charge in [0.2, 0.25) is 0 Å². The van der Waals surface area contributed by atoms with Crippen LogP contribution < -0.4 is 0 Å². The summed E-state index contributed by atoms with van der Waals surface area (Å²) in [6.45, 7) is 0. The number of hydrogen-bond acceptors (Lipinski definition) is 3. The molecule has 3 heteroatoms. The number of benzene rings is 8. The Bertz CT molecular complexity index is 3030. The van der Waals surface area contributed by atoms with E-state index in [-0.39, 0.29) is 0 Å². The van der Waals surface area contributed by atoms with Gasteiger partial charge in [-0.2, -0.15) is 5.26 Å². The molecule has 0 fully saturated rings. The van der Waals surface area contributed by atoms with E-state index in [2.05, 4.69) is 170 Å². The van der Waals surface area contributed by atoms with Gasteiger partial charge in [0, 0.05) is 40.3 Å². The van der Waals surface area contributed by atoms with Gasteiger partial charge in [0.15, 0.2) is 0 Å². The Morgan fingerprint density at radius 3 is 1.33 bits per heavy atom. The van der Waals surface area contributed by atoms with Gasteiger partial charge in [0.05, 0.1) is 11.6 Å². The monoisotopic (exact) mass is 695 g/mol. The van der Waals surface area contributed by atoms with Crippen molar-refractivity contribution in [3.05, 3.63) is 181 Å². The topological polar surface area (TPSA) is 23.8 Å². The van der Waals surface area contributed by atoms with Gasteiger partial charge in [0.1, 0.15) is 0 Å². The average Bonchev–Trinajstić information content (AvgIpc) is 3.80. The van der Waals surface area contributed by atoms with E-state index in [1.807, 2.05) is 34.8 Å². The van der Waals surface area contributed by atoms with Crippen molar-refractivity contribution in [3.63, 3.8) is 0 Å². The summed E-state index contributed by atoms with van der Waals surface area (Å²) in [5.41, 5.74) is 12.2. The number of nitriles is 1. The van der Waals surface area contributed by atoms with Crippen LogP contribution in [0.4, 0.5) is 0 Å². The van der Waals surface area contributed by atoms with Crippen LogP contribution in [0.3, 0.4) is 0 Å². The molecule has 10 aromatic rings. The zero-order valence-electron chi connectivity index (χ0n) is 28.0. The first-order valence-electron chi connectivity index (χ1n) is 17.4.